The zero-order valence-electron chi connectivity index (χ0n) is 20.8. The van der Waals surface area contributed by atoms with E-state index in [-0.39, 0.29) is 11.8 Å². The van der Waals surface area contributed by atoms with E-state index in [1.807, 2.05) is 12.1 Å². The third-order valence-corrected chi connectivity index (χ3v) is 6.44. The van der Waals surface area contributed by atoms with E-state index in [4.69, 9.17) is 18.9 Å². The molecule has 0 spiro atoms. The lowest BCUT2D eigenvalue weighted by Gasteiger charge is -2.28. The highest BCUT2D eigenvalue weighted by molar-refractivity contribution is 5.93. The highest BCUT2D eigenvalue weighted by atomic mass is 19.1. The van der Waals surface area contributed by atoms with Crippen LogP contribution in [0, 0.1) is 5.82 Å². The Morgan fingerprint density at radius 2 is 1.84 bits per heavy atom. The van der Waals surface area contributed by atoms with Gasteiger partial charge in [0.2, 0.25) is 0 Å². The molecule has 0 aliphatic carbocycles. The Kier molecular flexibility index (Phi) is 6.76. The van der Waals surface area contributed by atoms with Gasteiger partial charge in [-0.15, -0.1) is 0 Å². The fraction of sp³-hybridized carbons (Fsp3) is 0.296. The Hall–Kier alpha value is -4.22. The lowest BCUT2D eigenvalue weighted by atomic mass is 10.2. The van der Waals surface area contributed by atoms with Gasteiger partial charge in [-0.3, -0.25) is 0 Å². The van der Waals surface area contributed by atoms with Crippen LogP contribution in [0.3, 0.4) is 0 Å². The minimum absolute atomic E-state index is 0.0673. The molecule has 38 heavy (non-hydrogen) atoms. The molecule has 11 heteroatoms. The summed E-state index contributed by atoms with van der Waals surface area (Å²) < 4.78 is 38.0. The van der Waals surface area contributed by atoms with Crippen molar-refractivity contribution in [1.82, 2.24) is 20.3 Å². The van der Waals surface area contributed by atoms with Crippen molar-refractivity contribution in [3.05, 3.63) is 60.8 Å². The average molecular weight is 519 g/mol. The second-order valence-corrected chi connectivity index (χ2v) is 8.96. The first-order valence-corrected chi connectivity index (χ1v) is 12.4. The van der Waals surface area contributed by atoms with Gasteiger partial charge in [-0.1, -0.05) is 0 Å². The van der Waals surface area contributed by atoms with Crippen molar-refractivity contribution in [2.75, 3.05) is 56.7 Å². The van der Waals surface area contributed by atoms with Crippen molar-refractivity contribution in [2.45, 2.75) is 6.10 Å². The maximum atomic E-state index is 15.2. The number of rotatable bonds is 8. The van der Waals surface area contributed by atoms with Crippen molar-refractivity contribution >= 4 is 28.2 Å². The van der Waals surface area contributed by atoms with E-state index in [0.717, 1.165) is 32.0 Å². The van der Waals surface area contributed by atoms with Gasteiger partial charge in [-0.2, -0.15) is 0 Å². The molecule has 2 N–H and O–H groups in total. The van der Waals surface area contributed by atoms with Crippen LogP contribution in [0.15, 0.2) is 55.0 Å². The number of morpholine rings is 1. The standard InChI is InChI=1S/C27H27FN6O4/c1-35-24-13-23-20(12-25(24)38-19-14-29-15-19)27(32-16-31-23)33-22-3-2-17(10-21(22)28)37-18-4-5-30-26(11-18)34-6-8-36-9-7-34/h2-5,10-13,16,19,29H,6-9,14-15H2,1H3,(H,31,32,33). The number of hydrogen-bond acceptors (Lipinski definition) is 10. The second kappa shape index (κ2) is 10.6. The molecule has 2 aromatic carbocycles. The fourth-order valence-electron chi connectivity index (χ4n) is 4.29. The summed E-state index contributed by atoms with van der Waals surface area (Å²) in [5.41, 5.74) is 0.898. The van der Waals surface area contributed by atoms with Crippen LogP contribution in [0.25, 0.3) is 10.9 Å². The van der Waals surface area contributed by atoms with E-state index in [9.17, 15) is 0 Å². The van der Waals surface area contributed by atoms with Crippen molar-refractivity contribution in [2.24, 2.45) is 0 Å². The van der Waals surface area contributed by atoms with Crippen LogP contribution in [-0.4, -0.2) is 67.6 Å². The largest absolute Gasteiger partial charge is 0.493 e. The summed E-state index contributed by atoms with van der Waals surface area (Å²) in [7, 11) is 1.59. The van der Waals surface area contributed by atoms with E-state index in [2.05, 4.69) is 30.5 Å². The first-order chi connectivity index (χ1) is 18.7. The van der Waals surface area contributed by atoms with Crippen LogP contribution in [0.1, 0.15) is 0 Å². The zero-order chi connectivity index (χ0) is 25.9. The molecule has 0 radical (unpaired) electrons. The normalized spacial score (nSPS) is 15.7. The average Bonchev–Trinajstić information content (AvgIpc) is 2.92. The van der Waals surface area contributed by atoms with Gasteiger partial charge in [0, 0.05) is 56.0 Å². The van der Waals surface area contributed by atoms with Crippen molar-refractivity contribution < 1.29 is 23.3 Å². The Morgan fingerprint density at radius 3 is 2.61 bits per heavy atom. The number of fused-ring (bicyclic) bond motifs is 1. The number of methoxy groups -OCH3 is 1. The summed E-state index contributed by atoms with van der Waals surface area (Å²) >= 11 is 0. The van der Waals surface area contributed by atoms with Gasteiger partial charge in [-0.25, -0.2) is 19.3 Å². The molecule has 0 bridgehead atoms. The lowest BCUT2D eigenvalue weighted by Crippen LogP contribution is -2.50. The van der Waals surface area contributed by atoms with E-state index in [1.54, 1.807) is 37.6 Å². The number of anilines is 3. The van der Waals surface area contributed by atoms with Crippen LogP contribution in [-0.2, 0) is 4.74 Å². The Bertz CT molecular complexity index is 1440. The monoisotopic (exact) mass is 518 g/mol. The van der Waals surface area contributed by atoms with Crippen molar-refractivity contribution in [3.8, 4) is 23.0 Å². The number of pyridine rings is 1. The molecule has 0 unspecified atom stereocenters. The zero-order valence-corrected chi connectivity index (χ0v) is 20.8. The van der Waals surface area contributed by atoms with Gasteiger partial charge in [0.1, 0.15) is 41.4 Å². The Balaban J connectivity index is 1.22. The van der Waals surface area contributed by atoms with Crippen LogP contribution in [0.4, 0.5) is 21.7 Å². The number of hydrogen-bond donors (Lipinski definition) is 2. The molecule has 2 aromatic heterocycles. The summed E-state index contributed by atoms with van der Waals surface area (Å²) in [4.78, 5) is 15.2. The molecule has 0 amide bonds. The van der Waals surface area contributed by atoms with Gasteiger partial charge in [0.15, 0.2) is 11.5 Å². The molecule has 2 saturated heterocycles. The van der Waals surface area contributed by atoms with Gasteiger partial charge >= 0.3 is 0 Å². The smallest absolute Gasteiger partial charge is 0.162 e. The molecule has 0 atom stereocenters. The predicted octanol–water partition coefficient (Wildman–Crippen LogP) is 3.90. The summed E-state index contributed by atoms with van der Waals surface area (Å²) in [6.45, 7) is 4.39. The van der Waals surface area contributed by atoms with Crippen LogP contribution < -0.4 is 29.7 Å². The quantitative estimate of drug-likeness (QED) is 0.357. The third kappa shape index (κ3) is 5.11. The summed E-state index contributed by atoms with van der Waals surface area (Å²) in [6, 6.07) is 11.8. The number of halogens is 1. The Morgan fingerprint density at radius 1 is 1.00 bits per heavy atom. The highest BCUT2D eigenvalue weighted by Gasteiger charge is 2.21. The van der Waals surface area contributed by atoms with Crippen LogP contribution >= 0.6 is 0 Å². The summed E-state index contributed by atoms with van der Waals surface area (Å²) in [5, 5.41) is 6.95. The van der Waals surface area contributed by atoms with E-state index in [1.165, 1.54) is 12.4 Å². The topological polar surface area (TPSA) is 103 Å². The molecule has 0 saturated carbocycles. The Labute approximate surface area is 218 Å². The summed E-state index contributed by atoms with van der Waals surface area (Å²) in [5.74, 6) is 2.87. The first-order valence-electron chi connectivity index (χ1n) is 12.4. The van der Waals surface area contributed by atoms with E-state index in [0.29, 0.717) is 52.9 Å². The minimum atomic E-state index is -0.484. The van der Waals surface area contributed by atoms with Crippen molar-refractivity contribution in [1.29, 1.82) is 0 Å². The molecule has 196 valence electrons. The predicted molar refractivity (Wildman–Crippen MR) is 140 cm³/mol. The number of nitrogens with one attached hydrogen (secondary N) is 2. The molecule has 10 nitrogen and oxygen atoms in total. The third-order valence-electron chi connectivity index (χ3n) is 6.44. The number of nitrogens with zero attached hydrogens (tertiary/aromatic N) is 4. The lowest BCUT2D eigenvalue weighted by molar-refractivity contribution is 0.122. The van der Waals surface area contributed by atoms with Gasteiger partial charge in [0.05, 0.1) is 31.5 Å². The molecule has 4 heterocycles. The van der Waals surface area contributed by atoms with Crippen LogP contribution in [0.5, 0.6) is 23.0 Å². The van der Waals surface area contributed by atoms with E-state index < -0.39 is 5.82 Å². The van der Waals surface area contributed by atoms with Gasteiger partial charge in [-0.05, 0) is 24.3 Å². The SMILES string of the molecule is COc1cc2ncnc(Nc3ccc(Oc4ccnc(N5CCOCC5)c4)cc3F)c2cc1OC1CNC1. The molecule has 2 fully saturated rings. The van der Waals surface area contributed by atoms with Crippen LogP contribution in [0.2, 0.25) is 0 Å². The number of aromatic nitrogens is 3. The van der Waals surface area contributed by atoms with E-state index >= 15 is 4.39 Å². The minimum Gasteiger partial charge on any atom is -0.493 e. The highest BCUT2D eigenvalue weighted by Crippen LogP contribution is 2.36. The first kappa shape index (κ1) is 24.1. The maximum absolute atomic E-state index is 15.2. The van der Waals surface area contributed by atoms with Crippen molar-refractivity contribution in [3.63, 3.8) is 0 Å². The number of benzene rings is 2. The number of ether oxygens (including phenoxy) is 4. The maximum Gasteiger partial charge on any atom is 0.162 e. The molecule has 2 aliphatic rings. The molecular weight excluding hydrogens is 491 g/mol. The summed E-state index contributed by atoms with van der Waals surface area (Å²) in [6.07, 6.45) is 3.17. The van der Waals surface area contributed by atoms with Gasteiger partial charge < -0.3 is 34.5 Å². The second-order valence-electron chi connectivity index (χ2n) is 8.96. The molecular formula is C27H27FN6O4. The fourth-order valence-corrected chi connectivity index (χ4v) is 4.29. The van der Waals surface area contributed by atoms with Gasteiger partial charge in [0.25, 0.3) is 0 Å². The molecule has 4 aromatic rings. The molecule has 2 aliphatic heterocycles. The molecule has 6 rings (SSSR count).